The number of alkyl halides is 3. The number of carboxylic acids is 1. The number of aliphatic carboxylic acids is 1. The Morgan fingerprint density at radius 2 is 1.59 bits per heavy atom. The molecule has 0 radical (unpaired) electrons. The van der Waals surface area contributed by atoms with Gasteiger partial charge in [0.25, 0.3) is 5.91 Å². The summed E-state index contributed by atoms with van der Waals surface area (Å²) in [5.74, 6) is -5.13. The van der Waals surface area contributed by atoms with Crippen molar-refractivity contribution in [2.75, 3.05) is 26.7 Å². The number of nitrogens with one attached hydrogen (secondary N) is 2. The number of hydrogen-bond donors (Lipinski definition) is 3. The third-order valence-corrected chi connectivity index (χ3v) is 8.26. The number of piperazine rings is 1. The molecular formula is C29H38F5N5O5. The number of halogens is 5. The van der Waals surface area contributed by atoms with Crippen LogP contribution in [0.3, 0.4) is 0 Å². The lowest BCUT2D eigenvalue weighted by molar-refractivity contribution is -0.192. The quantitative estimate of drug-likeness (QED) is 0.420. The highest BCUT2D eigenvalue weighted by Crippen LogP contribution is 2.29. The van der Waals surface area contributed by atoms with Crippen LogP contribution in [0.15, 0.2) is 18.2 Å². The number of nitrogens with zero attached hydrogens (tertiary/aromatic N) is 3. The molecular weight excluding hydrogens is 593 g/mol. The van der Waals surface area contributed by atoms with Crippen LogP contribution >= 0.6 is 0 Å². The van der Waals surface area contributed by atoms with Gasteiger partial charge >= 0.3 is 12.1 Å². The molecule has 3 N–H and O–H groups in total. The van der Waals surface area contributed by atoms with Crippen molar-refractivity contribution >= 4 is 34.6 Å². The number of fused-ring (bicyclic) bond motifs is 1. The van der Waals surface area contributed by atoms with Crippen LogP contribution in [-0.4, -0.2) is 94.1 Å². The van der Waals surface area contributed by atoms with Gasteiger partial charge in [-0.15, -0.1) is 0 Å². The lowest BCUT2D eigenvalue weighted by Crippen LogP contribution is -2.62. The van der Waals surface area contributed by atoms with Gasteiger partial charge in [-0.1, -0.05) is 19.3 Å². The molecule has 1 saturated heterocycles. The minimum Gasteiger partial charge on any atom is -0.475 e. The number of carbonyl (C=O) groups is 4. The SMILES string of the molecule is CN[C@@H](C)C(=O)N[C@H](C(=O)N1CCN(C(=O)c2cc3cc(F)c(F)cc3n2C)C[C@H]1C)C1CCCCC1.O=C(O)C(F)(F)F. The van der Waals surface area contributed by atoms with Crippen LogP contribution in [0.4, 0.5) is 22.0 Å². The number of likely N-dealkylation sites (N-methyl/N-ethyl adjacent to an activating group) is 1. The zero-order valence-electron chi connectivity index (χ0n) is 25.0. The molecule has 0 unspecified atom stereocenters. The molecule has 1 aromatic heterocycles. The molecule has 44 heavy (non-hydrogen) atoms. The number of aryl methyl sites for hydroxylation is 1. The summed E-state index contributed by atoms with van der Waals surface area (Å²) in [5, 5.41) is 13.5. The smallest absolute Gasteiger partial charge is 0.475 e. The number of aromatic nitrogens is 1. The number of benzene rings is 1. The maximum atomic E-state index is 13.8. The lowest BCUT2D eigenvalue weighted by atomic mass is 9.83. The predicted octanol–water partition coefficient (Wildman–Crippen LogP) is 3.44. The molecule has 1 aliphatic heterocycles. The first-order valence-corrected chi connectivity index (χ1v) is 14.4. The van der Waals surface area contributed by atoms with E-state index in [2.05, 4.69) is 10.6 Å². The summed E-state index contributed by atoms with van der Waals surface area (Å²) in [5.41, 5.74) is 0.770. The molecule has 2 fully saturated rings. The van der Waals surface area contributed by atoms with Gasteiger partial charge in [0.1, 0.15) is 11.7 Å². The van der Waals surface area contributed by atoms with Crippen molar-refractivity contribution in [2.24, 2.45) is 13.0 Å². The molecule has 244 valence electrons. The minimum atomic E-state index is -5.08. The van der Waals surface area contributed by atoms with Crippen molar-refractivity contribution in [3.05, 3.63) is 35.5 Å². The van der Waals surface area contributed by atoms with Crippen molar-refractivity contribution in [1.82, 2.24) is 25.0 Å². The van der Waals surface area contributed by atoms with E-state index in [-0.39, 0.29) is 29.7 Å². The molecule has 3 amide bonds. The number of carbonyl (C=O) groups excluding carboxylic acids is 3. The zero-order chi connectivity index (χ0) is 32.9. The van der Waals surface area contributed by atoms with E-state index < -0.39 is 35.9 Å². The van der Waals surface area contributed by atoms with Gasteiger partial charge in [-0.05, 0) is 51.8 Å². The molecule has 10 nitrogen and oxygen atoms in total. The van der Waals surface area contributed by atoms with Crippen LogP contribution < -0.4 is 10.6 Å². The third kappa shape index (κ3) is 8.04. The fourth-order valence-corrected chi connectivity index (χ4v) is 5.61. The molecule has 15 heteroatoms. The van der Waals surface area contributed by atoms with Gasteiger partial charge in [-0.25, -0.2) is 13.6 Å². The molecule has 4 rings (SSSR count). The topological polar surface area (TPSA) is 124 Å². The van der Waals surface area contributed by atoms with Gasteiger partial charge in [0.2, 0.25) is 11.8 Å². The highest BCUT2D eigenvalue weighted by Gasteiger charge is 2.39. The van der Waals surface area contributed by atoms with Crippen LogP contribution in [0.5, 0.6) is 0 Å². The van der Waals surface area contributed by atoms with Crippen LogP contribution in [0.2, 0.25) is 0 Å². The summed E-state index contributed by atoms with van der Waals surface area (Å²) >= 11 is 0. The highest BCUT2D eigenvalue weighted by molar-refractivity contribution is 5.99. The average Bonchev–Trinajstić information content (AvgIpc) is 3.29. The second-order valence-electron chi connectivity index (χ2n) is 11.2. The molecule has 1 saturated carbocycles. The van der Waals surface area contributed by atoms with Gasteiger partial charge in [0, 0.05) is 44.2 Å². The fraction of sp³-hybridized carbons (Fsp3) is 0.586. The Morgan fingerprint density at radius 1 is 1.00 bits per heavy atom. The van der Waals surface area contributed by atoms with E-state index in [1.165, 1.54) is 0 Å². The van der Waals surface area contributed by atoms with Crippen LogP contribution in [0.1, 0.15) is 56.4 Å². The van der Waals surface area contributed by atoms with Crippen molar-refractivity contribution in [2.45, 2.75) is 70.3 Å². The first-order chi connectivity index (χ1) is 20.6. The predicted molar refractivity (Wildman–Crippen MR) is 151 cm³/mol. The monoisotopic (exact) mass is 631 g/mol. The van der Waals surface area contributed by atoms with Crippen molar-refractivity contribution < 1.29 is 46.2 Å². The maximum Gasteiger partial charge on any atom is 0.490 e. The second kappa shape index (κ2) is 14.4. The van der Waals surface area contributed by atoms with E-state index in [1.54, 1.807) is 41.5 Å². The van der Waals surface area contributed by atoms with E-state index in [9.17, 15) is 36.3 Å². The maximum absolute atomic E-state index is 13.8. The first-order valence-electron chi connectivity index (χ1n) is 14.4. The fourth-order valence-electron chi connectivity index (χ4n) is 5.61. The Morgan fingerprint density at radius 3 is 2.14 bits per heavy atom. The van der Waals surface area contributed by atoms with Gasteiger partial charge < -0.3 is 30.1 Å². The molecule has 0 spiro atoms. The van der Waals surface area contributed by atoms with Gasteiger partial charge in [-0.2, -0.15) is 13.2 Å². The summed E-state index contributed by atoms with van der Waals surface area (Å²) in [6, 6.07) is 2.51. The summed E-state index contributed by atoms with van der Waals surface area (Å²) < 4.78 is 60.8. The van der Waals surface area contributed by atoms with Crippen molar-refractivity contribution in [1.29, 1.82) is 0 Å². The van der Waals surface area contributed by atoms with Crippen LogP contribution in [0.25, 0.3) is 10.9 Å². The van der Waals surface area contributed by atoms with Gasteiger partial charge in [0.05, 0.1) is 11.6 Å². The van der Waals surface area contributed by atoms with Crippen LogP contribution in [0, 0.1) is 17.6 Å². The zero-order valence-corrected chi connectivity index (χ0v) is 25.0. The van der Waals surface area contributed by atoms with Gasteiger partial charge in [-0.3, -0.25) is 14.4 Å². The average molecular weight is 632 g/mol. The number of amides is 3. The molecule has 1 aromatic carbocycles. The van der Waals surface area contributed by atoms with E-state index in [0.717, 1.165) is 44.2 Å². The second-order valence-corrected chi connectivity index (χ2v) is 11.2. The minimum absolute atomic E-state index is 0.0951. The Bertz CT molecular complexity index is 1370. The van der Waals surface area contributed by atoms with Crippen LogP contribution in [-0.2, 0) is 21.4 Å². The van der Waals surface area contributed by atoms with Gasteiger partial charge in [0.15, 0.2) is 11.6 Å². The number of rotatable bonds is 6. The van der Waals surface area contributed by atoms with Crippen molar-refractivity contribution in [3.8, 4) is 0 Å². The number of hydrogen-bond acceptors (Lipinski definition) is 5. The Balaban J connectivity index is 0.000000676. The normalized spacial score (nSPS) is 19.2. The van der Waals surface area contributed by atoms with E-state index in [4.69, 9.17) is 9.90 Å². The standard InChI is InChI=1S/C27H37F2N5O3.C2HF3O2/c1-16-15-33(26(36)23-13-19-12-20(28)21(29)14-22(19)32(23)4)10-11-34(16)27(37)24(18-8-6-5-7-9-18)31-25(35)17(2)30-3;3-2(4,5)1(6)7/h12-14,16-18,24,30H,5-11,15H2,1-4H3,(H,31,35);(H,6,7)/t16-,17+,24+;/m1./s1. The molecule has 3 atom stereocenters. The largest absolute Gasteiger partial charge is 0.490 e. The Hall–Kier alpha value is -3.75. The summed E-state index contributed by atoms with van der Waals surface area (Å²) in [6.45, 7) is 4.67. The lowest BCUT2D eigenvalue weighted by Gasteiger charge is -2.43. The molecule has 0 bridgehead atoms. The van der Waals surface area contributed by atoms with E-state index >= 15 is 0 Å². The molecule has 2 heterocycles. The summed E-state index contributed by atoms with van der Waals surface area (Å²) in [7, 11) is 3.36. The molecule has 1 aliphatic carbocycles. The molecule has 2 aliphatic rings. The van der Waals surface area contributed by atoms with E-state index in [1.807, 2.05) is 6.92 Å². The Labute approximate surface area is 251 Å². The third-order valence-electron chi connectivity index (χ3n) is 8.26. The highest BCUT2D eigenvalue weighted by atomic mass is 19.4. The summed E-state index contributed by atoms with van der Waals surface area (Å²) in [4.78, 5) is 52.2. The summed E-state index contributed by atoms with van der Waals surface area (Å²) in [6.07, 6.45) is -0.0482. The van der Waals surface area contributed by atoms with E-state index in [0.29, 0.717) is 36.2 Å². The Kier molecular flexibility index (Phi) is 11.3. The van der Waals surface area contributed by atoms with Crippen molar-refractivity contribution in [3.63, 3.8) is 0 Å². The molecule has 2 aromatic rings. The first kappa shape index (κ1) is 34.7. The number of carboxylic acid groups (broad SMARTS) is 1.